The number of hydrogen-bond acceptors (Lipinski definition) is 4. The van der Waals surface area contributed by atoms with Gasteiger partial charge in [0.2, 0.25) is 0 Å². The Kier molecular flexibility index (Phi) is 4.67. The number of hydrogen-bond donors (Lipinski definition) is 1. The van der Waals surface area contributed by atoms with E-state index in [0.717, 1.165) is 35.2 Å². The van der Waals surface area contributed by atoms with E-state index in [9.17, 15) is 4.39 Å². The van der Waals surface area contributed by atoms with Crippen LogP contribution in [-0.2, 0) is 6.42 Å². The Morgan fingerprint density at radius 3 is 2.76 bits per heavy atom. The van der Waals surface area contributed by atoms with E-state index in [1.54, 1.807) is 35.2 Å². The molecule has 0 aliphatic carbocycles. The zero-order chi connectivity index (χ0) is 14.5. The number of benzene rings is 1. The SMILES string of the molecule is Fc1ccc(C2=NNC(=NCCc3cccs3)SC2)cc1. The number of rotatable bonds is 4. The van der Waals surface area contributed by atoms with Gasteiger partial charge in [0.1, 0.15) is 5.82 Å². The first kappa shape index (κ1) is 14.3. The van der Waals surface area contributed by atoms with Crippen LogP contribution >= 0.6 is 23.1 Å². The smallest absolute Gasteiger partial charge is 0.177 e. The van der Waals surface area contributed by atoms with Crippen LogP contribution in [0.1, 0.15) is 10.4 Å². The number of halogens is 1. The number of thiophene rings is 1. The first-order chi connectivity index (χ1) is 10.3. The van der Waals surface area contributed by atoms with Gasteiger partial charge in [-0.3, -0.25) is 10.4 Å². The molecule has 0 radical (unpaired) electrons. The second kappa shape index (κ2) is 6.87. The van der Waals surface area contributed by atoms with Crippen LogP contribution in [0.2, 0.25) is 0 Å². The molecule has 0 bridgehead atoms. The van der Waals surface area contributed by atoms with Gasteiger partial charge in [0.05, 0.1) is 5.71 Å². The number of aliphatic imine (C=N–C) groups is 1. The van der Waals surface area contributed by atoms with Crippen molar-refractivity contribution >= 4 is 34.0 Å². The molecule has 1 N–H and O–H groups in total. The molecule has 2 aromatic rings. The van der Waals surface area contributed by atoms with Gasteiger partial charge in [-0.05, 0) is 29.1 Å². The normalized spacial score (nSPS) is 16.6. The standard InChI is InChI=1S/C15H14FN3S2/c16-12-5-3-11(4-6-12)14-10-21-15(19-18-14)17-8-7-13-2-1-9-20-13/h1-6,9H,7-8,10H2,(H,17,19). The van der Waals surface area contributed by atoms with Crippen LogP contribution in [0.15, 0.2) is 51.9 Å². The molecule has 1 aliphatic heterocycles. The minimum absolute atomic E-state index is 0.230. The molecule has 6 heteroatoms. The molecule has 1 aliphatic rings. The van der Waals surface area contributed by atoms with E-state index in [0.29, 0.717) is 0 Å². The number of nitrogens with zero attached hydrogens (tertiary/aromatic N) is 2. The Morgan fingerprint density at radius 1 is 1.24 bits per heavy atom. The van der Waals surface area contributed by atoms with Crippen molar-refractivity contribution in [2.75, 3.05) is 12.3 Å². The van der Waals surface area contributed by atoms with Gasteiger partial charge in [-0.15, -0.1) is 11.3 Å². The van der Waals surface area contributed by atoms with Gasteiger partial charge in [0.25, 0.3) is 0 Å². The lowest BCUT2D eigenvalue weighted by atomic mass is 10.1. The average Bonchev–Trinajstić information content (AvgIpc) is 3.02. The van der Waals surface area contributed by atoms with Gasteiger partial charge < -0.3 is 0 Å². The highest BCUT2D eigenvalue weighted by Gasteiger charge is 2.12. The summed E-state index contributed by atoms with van der Waals surface area (Å²) < 4.78 is 12.9. The van der Waals surface area contributed by atoms with Crippen LogP contribution in [0.4, 0.5) is 4.39 Å². The lowest BCUT2D eigenvalue weighted by Crippen LogP contribution is -2.25. The van der Waals surface area contributed by atoms with E-state index in [4.69, 9.17) is 0 Å². The molecule has 1 aromatic heterocycles. The molecule has 0 atom stereocenters. The van der Waals surface area contributed by atoms with Crippen LogP contribution in [0, 0.1) is 5.82 Å². The molecule has 0 unspecified atom stereocenters. The van der Waals surface area contributed by atoms with Gasteiger partial charge in [0.15, 0.2) is 5.17 Å². The molecular formula is C15H14FN3S2. The summed E-state index contributed by atoms with van der Waals surface area (Å²) in [4.78, 5) is 5.85. The molecule has 3 rings (SSSR count). The Labute approximate surface area is 131 Å². The van der Waals surface area contributed by atoms with Crippen molar-refractivity contribution in [1.82, 2.24) is 5.43 Å². The van der Waals surface area contributed by atoms with Gasteiger partial charge >= 0.3 is 0 Å². The minimum atomic E-state index is -0.230. The molecule has 0 amide bonds. The third-order valence-corrected chi connectivity index (χ3v) is 4.85. The monoisotopic (exact) mass is 319 g/mol. The number of hydrazone groups is 1. The maximum Gasteiger partial charge on any atom is 0.177 e. The number of nitrogens with one attached hydrogen (secondary N) is 1. The fourth-order valence-corrected chi connectivity index (χ4v) is 3.41. The van der Waals surface area contributed by atoms with Gasteiger partial charge in [0, 0.05) is 23.6 Å². The topological polar surface area (TPSA) is 36.8 Å². The second-order valence-corrected chi connectivity index (χ2v) is 6.48. The quantitative estimate of drug-likeness (QED) is 0.936. The highest BCUT2D eigenvalue weighted by Crippen LogP contribution is 2.15. The van der Waals surface area contributed by atoms with Crippen molar-refractivity contribution in [3.63, 3.8) is 0 Å². The Bertz CT molecular complexity index is 648. The third-order valence-electron chi connectivity index (χ3n) is 3.00. The van der Waals surface area contributed by atoms with Crippen LogP contribution < -0.4 is 5.43 Å². The Morgan fingerprint density at radius 2 is 2.10 bits per heavy atom. The summed E-state index contributed by atoms with van der Waals surface area (Å²) in [5, 5.41) is 7.25. The second-order valence-electron chi connectivity index (χ2n) is 4.48. The van der Waals surface area contributed by atoms with E-state index in [2.05, 4.69) is 33.0 Å². The van der Waals surface area contributed by atoms with E-state index < -0.39 is 0 Å². The van der Waals surface area contributed by atoms with Crippen molar-refractivity contribution in [1.29, 1.82) is 0 Å². The van der Waals surface area contributed by atoms with Crippen molar-refractivity contribution in [2.24, 2.45) is 10.1 Å². The van der Waals surface area contributed by atoms with E-state index in [1.165, 1.54) is 17.0 Å². The summed E-state index contributed by atoms with van der Waals surface area (Å²) >= 11 is 3.38. The maximum absolute atomic E-state index is 12.9. The first-order valence-corrected chi connectivity index (χ1v) is 8.46. The van der Waals surface area contributed by atoms with Crippen molar-refractivity contribution in [3.05, 3.63) is 58.0 Å². The third kappa shape index (κ3) is 3.92. The van der Waals surface area contributed by atoms with Crippen LogP contribution in [0.25, 0.3) is 0 Å². The molecule has 0 fully saturated rings. The van der Waals surface area contributed by atoms with Crippen LogP contribution in [0.3, 0.4) is 0 Å². The minimum Gasteiger partial charge on any atom is -0.261 e. The largest absolute Gasteiger partial charge is 0.261 e. The number of thioether (sulfide) groups is 1. The zero-order valence-corrected chi connectivity index (χ0v) is 12.9. The summed E-state index contributed by atoms with van der Waals surface area (Å²) in [6.07, 6.45) is 0.956. The number of amidine groups is 1. The molecule has 108 valence electrons. The molecule has 21 heavy (non-hydrogen) atoms. The average molecular weight is 319 g/mol. The summed E-state index contributed by atoms with van der Waals surface area (Å²) in [6, 6.07) is 10.6. The van der Waals surface area contributed by atoms with Gasteiger partial charge in [-0.1, -0.05) is 30.0 Å². The van der Waals surface area contributed by atoms with Crippen molar-refractivity contribution in [3.8, 4) is 0 Å². The summed E-state index contributed by atoms with van der Waals surface area (Å²) in [5.41, 5.74) is 4.83. The fourth-order valence-electron chi connectivity index (χ4n) is 1.91. The lowest BCUT2D eigenvalue weighted by Gasteiger charge is -2.14. The summed E-state index contributed by atoms with van der Waals surface area (Å²) in [5.74, 6) is 0.516. The molecule has 2 heterocycles. The Balaban J connectivity index is 1.57. The van der Waals surface area contributed by atoms with Gasteiger partial charge in [-0.2, -0.15) is 5.10 Å². The van der Waals surface area contributed by atoms with Crippen LogP contribution in [-0.4, -0.2) is 23.2 Å². The maximum atomic E-state index is 12.9. The molecular weight excluding hydrogens is 305 g/mol. The molecule has 0 saturated heterocycles. The Hall–Kier alpha value is -1.66. The van der Waals surface area contributed by atoms with Crippen molar-refractivity contribution in [2.45, 2.75) is 6.42 Å². The molecule has 3 nitrogen and oxygen atoms in total. The molecule has 0 saturated carbocycles. The van der Waals surface area contributed by atoms with E-state index >= 15 is 0 Å². The van der Waals surface area contributed by atoms with E-state index in [1.807, 2.05) is 0 Å². The highest BCUT2D eigenvalue weighted by atomic mass is 32.2. The highest BCUT2D eigenvalue weighted by molar-refractivity contribution is 8.14. The predicted molar refractivity (Wildman–Crippen MR) is 88.9 cm³/mol. The summed E-state index contributed by atoms with van der Waals surface area (Å²) in [6.45, 7) is 0.761. The fraction of sp³-hybridized carbons (Fsp3) is 0.200. The zero-order valence-electron chi connectivity index (χ0n) is 11.3. The van der Waals surface area contributed by atoms with E-state index in [-0.39, 0.29) is 5.82 Å². The van der Waals surface area contributed by atoms with Gasteiger partial charge in [-0.25, -0.2) is 4.39 Å². The lowest BCUT2D eigenvalue weighted by molar-refractivity contribution is 0.628. The molecule has 0 spiro atoms. The first-order valence-electron chi connectivity index (χ1n) is 6.59. The molecule has 1 aromatic carbocycles. The van der Waals surface area contributed by atoms with Crippen LogP contribution in [0.5, 0.6) is 0 Å². The van der Waals surface area contributed by atoms with Crippen molar-refractivity contribution < 1.29 is 4.39 Å². The summed E-state index contributed by atoms with van der Waals surface area (Å²) in [7, 11) is 0. The predicted octanol–water partition coefficient (Wildman–Crippen LogP) is 3.53.